The Kier molecular flexibility index (Phi) is 10.2. The van der Waals surface area contributed by atoms with Crippen molar-refractivity contribution in [2.45, 2.75) is 71.0 Å². The van der Waals surface area contributed by atoms with Crippen LogP contribution < -0.4 is 0 Å². The molecule has 1 rings (SSSR count). The number of hydrogen-bond donors (Lipinski definition) is 0. The van der Waals surface area contributed by atoms with E-state index in [1.807, 2.05) is 18.2 Å². The first-order chi connectivity index (χ1) is 11.0. The zero-order chi connectivity index (χ0) is 17.0. The maximum absolute atomic E-state index is 11.8. The lowest BCUT2D eigenvalue weighted by atomic mass is 10.0. The summed E-state index contributed by atoms with van der Waals surface area (Å²) < 4.78 is 28.8. The minimum atomic E-state index is -3.45. The largest absolute Gasteiger partial charge is 0.271 e. The SMILES string of the molecule is CC(C)CCCCCCCCCOS(=O)(=O)Cc1ccccc1. The van der Waals surface area contributed by atoms with E-state index in [0.29, 0.717) is 6.61 Å². The van der Waals surface area contributed by atoms with Gasteiger partial charge in [0.25, 0.3) is 10.1 Å². The highest BCUT2D eigenvalue weighted by molar-refractivity contribution is 7.85. The summed E-state index contributed by atoms with van der Waals surface area (Å²) in [4.78, 5) is 0. The van der Waals surface area contributed by atoms with E-state index in [1.54, 1.807) is 12.1 Å². The third-order valence-corrected chi connectivity index (χ3v) is 5.09. The van der Waals surface area contributed by atoms with Crippen LogP contribution in [0.5, 0.6) is 0 Å². The van der Waals surface area contributed by atoms with E-state index in [4.69, 9.17) is 4.18 Å². The van der Waals surface area contributed by atoms with Gasteiger partial charge >= 0.3 is 0 Å². The zero-order valence-corrected chi connectivity index (χ0v) is 15.5. The van der Waals surface area contributed by atoms with Crippen molar-refractivity contribution in [2.75, 3.05) is 6.61 Å². The maximum atomic E-state index is 11.8. The molecule has 132 valence electrons. The maximum Gasteiger partial charge on any atom is 0.271 e. The molecule has 0 heterocycles. The highest BCUT2D eigenvalue weighted by Gasteiger charge is 2.11. The molecule has 0 saturated heterocycles. The summed E-state index contributed by atoms with van der Waals surface area (Å²) in [6.07, 6.45) is 9.55. The van der Waals surface area contributed by atoms with Crippen molar-refractivity contribution in [3.63, 3.8) is 0 Å². The standard InChI is InChI=1S/C19H32O3S/c1-18(2)13-9-6-4-3-5-7-12-16-22-23(20,21)17-19-14-10-8-11-15-19/h8,10-11,14-15,18H,3-7,9,12-13,16-17H2,1-2H3. The molecule has 0 atom stereocenters. The van der Waals surface area contributed by atoms with E-state index in [-0.39, 0.29) is 5.75 Å². The molecular weight excluding hydrogens is 308 g/mol. The summed E-state index contributed by atoms with van der Waals surface area (Å²) >= 11 is 0. The molecule has 0 radical (unpaired) electrons. The minimum Gasteiger partial charge on any atom is -0.270 e. The number of rotatable bonds is 13. The van der Waals surface area contributed by atoms with E-state index < -0.39 is 10.1 Å². The lowest BCUT2D eigenvalue weighted by Gasteiger charge is -2.06. The molecule has 3 nitrogen and oxygen atoms in total. The minimum absolute atomic E-state index is 0.0380. The summed E-state index contributed by atoms with van der Waals surface area (Å²) in [5.41, 5.74) is 0.772. The fourth-order valence-corrected chi connectivity index (χ4v) is 3.60. The summed E-state index contributed by atoms with van der Waals surface area (Å²) in [7, 11) is -3.45. The first kappa shape index (κ1) is 20.2. The molecule has 0 fully saturated rings. The van der Waals surface area contributed by atoms with E-state index in [2.05, 4.69) is 13.8 Å². The van der Waals surface area contributed by atoms with Crippen LogP contribution in [0.15, 0.2) is 30.3 Å². The molecule has 0 spiro atoms. The number of hydrogen-bond acceptors (Lipinski definition) is 3. The molecule has 1 aromatic rings. The van der Waals surface area contributed by atoms with Gasteiger partial charge in [0.1, 0.15) is 5.75 Å². The van der Waals surface area contributed by atoms with E-state index in [0.717, 1.165) is 24.3 Å². The molecule has 0 amide bonds. The topological polar surface area (TPSA) is 43.4 Å². The monoisotopic (exact) mass is 340 g/mol. The van der Waals surface area contributed by atoms with Gasteiger partial charge in [0.15, 0.2) is 0 Å². The van der Waals surface area contributed by atoms with Crippen molar-refractivity contribution >= 4 is 10.1 Å². The second-order valence-corrected chi connectivity index (χ2v) is 8.31. The van der Waals surface area contributed by atoms with Gasteiger partial charge in [0.2, 0.25) is 0 Å². The zero-order valence-electron chi connectivity index (χ0n) is 14.7. The molecule has 23 heavy (non-hydrogen) atoms. The molecule has 0 aliphatic rings. The molecule has 0 unspecified atom stereocenters. The molecule has 0 aliphatic heterocycles. The molecule has 0 aliphatic carbocycles. The first-order valence-corrected chi connectivity index (χ1v) is 10.5. The molecule has 1 aromatic carbocycles. The molecule has 0 saturated carbocycles. The van der Waals surface area contributed by atoms with E-state index >= 15 is 0 Å². The fourth-order valence-electron chi connectivity index (χ4n) is 2.54. The van der Waals surface area contributed by atoms with Gasteiger partial charge in [0, 0.05) is 0 Å². The van der Waals surface area contributed by atoms with Crippen LogP contribution >= 0.6 is 0 Å². The Bertz CT molecular complexity index is 495. The summed E-state index contributed by atoms with van der Waals surface area (Å²) in [6, 6.07) is 9.16. The molecule has 0 bridgehead atoms. The van der Waals surface area contributed by atoms with Crippen LogP contribution in [-0.4, -0.2) is 15.0 Å². The number of benzene rings is 1. The summed E-state index contributed by atoms with van der Waals surface area (Å²) in [5, 5.41) is 0. The molecular formula is C19H32O3S. The van der Waals surface area contributed by atoms with Crippen molar-refractivity contribution < 1.29 is 12.6 Å². The predicted molar refractivity (Wildman–Crippen MR) is 96.8 cm³/mol. The van der Waals surface area contributed by atoms with Crippen LogP contribution in [0.3, 0.4) is 0 Å². The second kappa shape index (κ2) is 11.6. The van der Waals surface area contributed by atoms with Crippen LogP contribution in [0, 0.1) is 5.92 Å². The fraction of sp³-hybridized carbons (Fsp3) is 0.684. The lowest BCUT2D eigenvalue weighted by Crippen LogP contribution is -2.09. The quantitative estimate of drug-likeness (QED) is 0.361. The normalized spacial score (nSPS) is 12.0. The van der Waals surface area contributed by atoms with Gasteiger partial charge in [-0.25, -0.2) is 0 Å². The smallest absolute Gasteiger partial charge is 0.270 e. The third kappa shape index (κ3) is 11.3. The van der Waals surface area contributed by atoms with Crippen LogP contribution in [0.25, 0.3) is 0 Å². The average Bonchev–Trinajstić information content (AvgIpc) is 2.49. The summed E-state index contributed by atoms with van der Waals surface area (Å²) in [5.74, 6) is 0.772. The van der Waals surface area contributed by atoms with Crippen molar-refractivity contribution in [3.8, 4) is 0 Å². The van der Waals surface area contributed by atoms with Gasteiger partial charge in [-0.2, -0.15) is 8.42 Å². The van der Waals surface area contributed by atoms with Crippen molar-refractivity contribution in [3.05, 3.63) is 35.9 Å². The Hall–Kier alpha value is -0.870. The van der Waals surface area contributed by atoms with Gasteiger partial charge in [-0.3, -0.25) is 4.18 Å². The highest BCUT2D eigenvalue weighted by atomic mass is 32.2. The average molecular weight is 341 g/mol. The Morgan fingerprint density at radius 1 is 0.870 bits per heavy atom. The van der Waals surface area contributed by atoms with Crippen LogP contribution in [0.4, 0.5) is 0 Å². The molecule has 0 aromatic heterocycles. The van der Waals surface area contributed by atoms with E-state index in [9.17, 15) is 8.42 Å². The van der Waals surface area contributed by atoms with E-state index in [1.165, 1.54) is 38.5 Å². The van der Waals surface area contributed by atoms with Crippen molar-refractivity contribution in [1.29, 1.82) is 0 Å². The molecule has 0 N–H and O–H groups in total. The molecule has 4 heteroatoms. The van der Waals surface area contributed by atoms with Gasteiger partial charge in [0.05, 0.1) is 6.61 Å². The third-order valence-electron chi connectivity index (χ3n) is 3.87. The predicted octanol–water partition coefficient (Wildman–Crippen LogP) is 5.31. The highest BCUT2D eigenvalue weighted by Crippen LogP contribution is 2.13. The Labute approximate surface area is 142 Å². The van der Waals surface area contributed by atoms with Gasteiger partial charge in [-0.15, -0.1) is 0 Å². The Balaban J connectivity index is 2.00. The van der Waals surface area contributed by atoms with Crippen LogP contribution in [0.2, 0.25) is 0 Å². The Morgan fingerprint density at radius 2 is 1.43 bits per heavy atom. The number of unbranched alkanes of at least 4 members (excludes halogenated alkanes) is 6. The summed E-state index contributed by atoms with van der Waals surface area (Å²) in [6.45, 7) is 4.85. The van der Waals surface area contributed by atoms with Crippen molar-refractivity contribution in [1.82, 2.24) is 0 Å². The van der Waals surface area contributed by atoms with Crippen LogP contribution in [-0.2, 0) is 20.1 Å². The van der Waals surface area contributed by atoms with Gasteiger partial charge in [-0.1, -0.05) is 89.1 Å². The van der Waals surface area contributed by atoms with Crippen LogP contribution in [0.1, 0.15) is 70.8 Å². The second-order valence-electron chi connectivity index (χ2n) is 6.67. The van der Waals surface area contributed by atoms with Gasteiger partial charge < -0.3 is 0 Å². The first-order valence-electron chi connectivity index (χ1n) is 8.90. The Morgan fingerprint density at radius 3 is 2.04 bits per heavy atom. The van der Waals surface area contributed by atoms with Crippen molar-refractivity contribution in [2.24, 2.45) is 5.92 Å². The lowest BCUT2D eigenvalue weighted by molar-refractivity contribution is 0.305. The van der Waals surface area contributed by atoms with Gasteiger partial charge in [-0.05, 0) is 17.9 Å².